The van der Waals surface area contributed by atoms with Crippen molar-refractivity contribution in [2.75, 3.05) is 6.61 Å². The fourth-order valence-electron chi connectivity index (χ4n) is 1.78. The van der Waals surface area contributed by atoms with E-state index >= 15 is 0 Å². The summed E-state index contributed by atoms with van der Waals surface area (Å²) in [5.74, 6) is 0.808. The third kappa shape index (κ3) is 2.22. The lowest BCUT2D eigenvalue weighted by molar-refractivity contribution is -0.0818. The van der Waals surface area contributed by atoms with E-state index in [0.717, 1.165) is 12.5 Å². The van der Waals surface area contributed by atoms with E-state index in [0.29, 0.717) is 11.5 Å². The summed E-state index contributed by atoms with van der Waals surface area (Å²) >= 11 is 0. The normalized spacial score (nSPS) is 35.0. The first kappa shape index (κ1) is 10.0. The van der Waals surface area contributed by atoms with Crippen molar-refractivity contribution >= 4 is 0 Å². The molecular formula is C11H22O. The SMILES string of the molecule is CCC[C@@H]1C[C@@H](C)C(C)(C)CO1. The van der Waals surface area contributed by atoms with Crippen molar-refractivity contribution in [1.29, 1.82) is 0 Å². The van der Waals surface area contributed by atoms with Crippen LogP contribution in [0.5, 0.6) is 0 Å². The summed E-state index contributed by atoms with van der Waals surface area (Å²) in [6.45, 7) is 10.1. The van der Waals surface area contributed by atoms with Gasteiger partial charge in [-0.05, 0) is 24.2 Å². The zero-order valence-corrected chi connectivity index (χ0v) is 8.89. The molecule has 72 valence electrons. The zero-order chi connectivity index (χ0) is 9.19. The molecule has 0 N–H and O–H groups in total. The van der Waals surface area contributed by atoms with E-state index in [1.54, 1.807) is 0 Å². The lowest BCUT2D eigenvalue weighted by Gasteiger charge is -2.40. The molecule has 0 aromatic heterocycles. The molecule has 1 aliphatic rings. The first-order valence-electron chi connectivity index (χ1n) is 5.18. The van der Waals surface area contributed by atoms with Gasteiger partial charge in [0.1, 0.15) is 0 Å². The van der Waals surface area contributed by atoms with Gasteiger partial charge in [0.25, 0.3) is 0 Å². The Bertz CT molecular complexity index is 140. The van der Waals surface area contributed by atoms with Gasteiger partial charge in [0.2, 0.25) is 0 Å². The van der Waals surface area contributed by atoms with E-state index in [9.17, 15) is 0 Å². The second-order valence-corrected chi connectivity index (χ2v) is 4.85. The van der Waals surface area contributed by atoms with E-state index in [4.69, 9.17) is 4.74 Å². The number of ether oxygens (including phenoxy) is 1. The Morgan fingerprint density at radius 3 is 2.58 bits per heavy atom. The molecule has 0 spiro atoms. The van der Waals surface area contributed by atoms with Gasteiger partial charge in [-0.1, -0.05) is 34.1 Å². The van der Waals surface area contributed by atoms with Crippen LogP contribution in [-0.4, -0.2) is 12.7 Å². The molecule has 0 saturated carbocycles. The van der Waals surface area contributed by atoms with Crippen molar-refractivity contribution in [3.8, 4) is 0 Å². The van der Waals surface area contributed by atoms with Crippen LogP contribution < -0.4 is 0 Å². The minimum absolute atomic E-state index is 0.393. The maximum Gasteiger partial charge on any atom is 0.0578 e. The maximum atomic E-state index is 5.80. The average molecular weight is 170 g/mol. The predicted octanol–water partition coefficient (Wildman–Crippen LogP) is 3.24. The molecular weight excluding hydrogens is 148 g/mol. The van der Waals surface area contributed by atoms with E-state index in [1.165, 1.54) is 19.3 Å². The topological polar surface area (TPSA) is 9.23 Å². The molecule has 12 heavy (non-hydrogen) atoms. The third-order valence-electron chi connectivity index (χ3n) is 3.25. The largest absolute Gasteiger partial charge is 0.378 e. The van der Waals surface area contributed by atoms with Crippen LogP contribution in [0.3, 0.4) is 0 Å². The van der Waals surface area contributed by atoms with E-state index in [-0.39, 0.29) is 0 Å². The molecule has 0 unspecified atom stereocenters. The summed E-state index contributed by atoms with van der Waals surface area (Å²) in [5, 5.41) is 0. The molecule has 0 radical (unpaired) electrons. The second-order valence-electron chi connectivity index (χ2n) is 4.85. The third-order valence-corrected chi connectivity index (χ3v) is 3.25. The van der Waals surface area contributed by atoms with Gasteiger partial charge >= 0.3 is 0 Å². The van der Waals surface area contributed by atoms with Crippen molar-refractivity contribution in [3.63, 3.8) is 0 Å². The number of rotatable bonds is 2. The van der Waals surface area contributed by atoms with Crippen LogP contribution in [0, 0.1) is 11.3 Å². The number of hydrogen-bond donors (Lipinski definition) is 0. The highest BCUT2D eigenvalue weighted by Gasteiger charge is 2.33. The van der Waals surface area contributed by atoms with Crippen molar-refractivity contribution in [1.82, 2.24) is 0 Å². The quantitative estimate of drug-likeness (QED) is 0.618. The molecule has 1 fully saturated rings. The highest BCUT2D eigenvalue weighted by Crippen LogP contribution is 2.36. The summed E-state index contributed by atoms with van der Waals surface area (Å²) < 4.78 is 5.80. The number of hydrogen-bond acceptors (Lipinski definition) is 1. The molecule has 1 rings (SSSR count). The molecule has 1 aliphatic heterocycles. The zero-order valence-electron chi connectivity index (χ0n) is 8.89. The Labute approximate surface area is 76.5 Å². The highest BCUT2D eigenvalue weighted by molar-refractivity contribution is 4.82. The van der Waals surface area contributed by atoms with Crippen LogP contribution >= 0.6 is 0 Å². The van der Waals surface area contributed by atoms with Gasteiger partial charge in [-0.3, -0.25) is 0 Å². The van der Waals surface area contributed by atoms with E-state index in [1.807, 2.05) is 0 Å². The molecule has 1 saturated heterocycles. The smallest absolute Gasteiger partial charge is 0.0578 e. The first-order valence-corrected chi connectivity index (χ1v) is 5.18. The Morgan fingerprint density at radius 1 is 1.42 bits per heavy atom. The standard InChI is InChI=1S/C11H22O/c1-5-6-10-7-9(2)11(3,4)8-12-10/h9-10H,5-8H2,1-4H3/t9-,10-/m1/s1. The molecule has 0 amide bonds. The molecule has 0 aromatic rings. The lowest BCUT2D eigenvalue weighted by Crippen LogP contribution is -2.38. The summed E-state index contributed by atoms with van der Waals surface area (Å²) in [5.41, 5.74) is 0.393. The van der Waals surface area contributed by atoms with Gasteiger partial charge < -0.3 is 4.74 Å². The van der Waals surface area contributed by atoms with Crippen LogP contribution in [0.15, 0.2) is 0 Å². The van der Waals surface area contributed by atoms with E-state index in [2.05, 4.69) is 27.7 Å². The minimum Gasteiger partial charge on any atom is -0.378 e. The maximum absolute atomic E-state index is 5.80. The highest BCUT2D eigenvalue weighted by atomic mass is 16.5. The fourth-order valence-corrected chi connectivity index (χ4v) is 1.78. The summed E-state index contributed by atoms with van der Waals surface area (Å²) in [6, 6.07) is 0. The van der Waals surface area contributed by atoms with Gasteiger partial charge in [0.05, 0.1) is 12.7 Å². The predicted molar refractivity (Wildman–Crippen MR) is 52.2 cm³/mol. The van der Waals surface area contributed by atoms with Gasteiger partial charge in [-0.2, -0.15) is 0 Å². The van der Waals surface area contributed by atoms with Crippen LogP contribution in [0.1, 0.15) is 47.0 Å². The van der Waals surface area contributed by atoms with Crippen molar-refractivity contribution in [2.45, 2.75) is 53.1 Å². The van der Waals surface area contributed by atoms with Crippen LogP contribution in [0.2, 0.25) is 0 Å². The average Bonchev–Trinajstić information content (AvgIpc) is 1.98. The van der Waals surface area contributed by atoms with Gasteiger partial charge in [-0.15, -0.1) is 0 Å². The molecule has 0 aliphatic carbocycles. The Hall–Kier alpha value is -0.0400. The van der Waals surface area contributed by atoms with Crippen molar-refractivity contribution in [3.05, 3.63) is 0 Å². The summed E-state index contributed by atoms with van der Waals surface area (Å²) in [4.78, 5) is 0. The van der Waals surface area contributed by atoms with Gasteiger partial charge in [0, 0.05) is 0 Å². The Morgan fingerprint density at radius 2 is 2.08 bits per heavy atom. The molecule has 1 nitrogen and oxygen atoms in total. The second kappa shape index (κ2) is 3.78. The summed E-state index contributed by atoms with van der Waals surface area (Å²) in [7, 11) is 0. The van der Waals surface area contributed by atoms with Crippen LogP contribution in [0.25, 0.3) is 0 Å². The Balaban J connectivity index is 2.41. The van der Waals surface area contributed by atoms with Crippen molar-refractivity contribution < 1.29 is 4.74 Å². The van der Waals surface area contributed by atoms with Crippen molar-refractivity contribution in [2.24, 2.45) is 11.3 Å². The molecule has 0 bridgehead atoms. The van der Waals surface area contributed by atoms with E-state index < -0.39 is 0 Å². The van der Waals surface area contributed by atoms with Gasteiger partial charge in [-0.25, -0.2) is 0 Å². The molecule has 2 atom stereocenters. The van der Waals surface area contributed by atoms with Crippen LogP contribution in [-0.2, 0) is 4.74 Å². The first-order chi connectivity index (χ1) is 5.56. The molecule has 0 aromatic carbocycles. The monoisotopic (exact) mass is 170 g/mol. The Kier molecular flexibility index (Phi) is 3.16. The van der Waals surface area contributed by atoms with Gasteiger partial charge in [0.15, 0.2) is 0 Å². The van der Waals surface area contributed by atoms with Crippen LogP contribution in [0.4, 0.5) is 0 Å². The lowest BCUT2D eigenvalue weighted by atomic mass is 9.75. The fraction of sp³-hybridized carbons (Fsp3) is 1.00. The molecule has 1 heteroatoms. The summed E-state index contributed by atoms with van der Waals surface area (Å²) in [6.07, 6.45) is 4.28. The minimum atomic E-state index is 0.393. The molecule has 1 heterocycles.